The predicted molar refractivity (Wildman–Crippen MR) is 69.3 cm³/mol. The van der Waals surface area contributed by atoms with Gasteiger partial charge in [-0.05, 0) is 13.0 Å². The lowest BCUT2D eigenvalue weighted by molar-refractivity contribution is 1.09. The average Bonchev–Trinajstić information content (AvgIpc) is 2.27. The Morgan fingerprint density at radius 1 is 1.00 bits per heavy atom. The van der Waals surface area contributed by atoms with Crippen molar-refractivity contribution in [3.63, 3.8) is 0 Å². The molecule has 0 heteroatoms. The van der Waals surface area contributed by atoms with E-state index in [4.69, 9.17) is 0 Å². The molecule has 0 aliphatic rings. The first kappa shape index (κ1) is 29.5. The summed E-state index contributed by atoms with van der Waals surface area (Å²) in [7, 11) is 0. The third kappa shape index (κ3) is 14300. The second kappa shape index (κ2) is 232. The molecule has 0 aliphatic carbocycles. The molecular formula is C13H30. The van der Waals surface area contributed by atoms with Crippen molar-refractivity contribution in [2.75, 3.05) is 0 Å². The highest BCUT2D eigenvalue weighted by Gasteiger charge is 1.35. The van der Waals surface area contributed by atoms with Crippen LogP contribution in [0.2, 0.25) is 0 Å². The zero-order chi connectivity index (χ0) is 12.1. The van der Waals surface area contributed by atoms with Gasteiger partial charge in [-0.3, -0.25) is 0 Å². The maximum Gasteiger partial charge on any atom is -0.0393 e. The number of rotatable bonds is 0. The normalized spacial score (nSPS) is 3.92. The van der Waals surface area contributed by atoms with Crippen LogP contribution in [-0.2, 0) is 0 Å². The highest BCUT2D eigenvalue weighted by atomic mass is 13.4. The van der Waals surface area contributed by atoms with Gasteiger partial charge in [0, 0.05) is 0 Å². The van der Waals surface area contributed by atoms with E-state index >= 15 is 0 Å². The molecule has 0 radical (unpaired) electrons. The lowest BCUT2D eigenvalue weighted by Crippen LogP contribution is -1.27. The standard InChI is InChI=1S/C4H6.C3H8.2C2H6.C2H4/c1-3-4-2;1-3-2;3*1-2/h4H,1H2,2H3;3H2,1-2H3;2*1-2H3;1-2H2. The molecule has 82 valence electrons. The summed E-state index contributed by atoms with van der Waals surface area (Å²) in [5.74, 6) is 0. The topological polar surface area (TPSA) is 0 Å². The maximum absolute atomic E-state index is 3.30. The second-order valence-corrected chi connectivity index (χ2v) is 1.20. The summed E-state index contributed by atoms with van der Waals surface area (Å²) in [6.45, 7) is 23.4. The van der Waals surface area contributed by atoms with Crippen molar-refractivity contribution in [2.24, 2.45) is 0 Å². The van der Waals surface area contributed by atoms with Crippen molar-refractivity contribution in [2.45, 2.75) is 54.9 Å². The molecule has 0 saturated carbocycles. The Bertz CT molecular complexity index is 56.4. The number of hydrogen-bond donors (Lipinski definition) is 0. The lowest BCUT2D eigenvalue weighted by atomic mass is 10.6. The Hall–Kier alpha value is -0.740. The zero-order valence-corrected chi connectivity index (χ0v) is 10.9. The van der Waals surface area contributed by atoms with Gasteiger partial charge in [0.1, 0.15) is 0 Å². The van der Waals surface area contributed by atoms with E-state index in [0.717, 1.165) is 0 Å². The molecular weight excluding hydrogens is 156 g/mol. The number of allylic oxidation sites excluding steroid dienone is 1. The van der Waals surface area contributed by atoms with Gasteiger partial charge in [-0.1, -0.05) is 54.5 Å². The summed E-state index contributed by atoms with van der Waals surface area (Å²) in [5.41, 5.74) is 2.56. The van der Waals surface area contributed by atoms with E-state index < -0.39 is 0 Å². The maximum atomic E-state index is 3.30. The second-order valence-electron chi connectivity index (χ2n) is 1.20. The smallest absolute Gasteiger partial charge is 0.0393 e. The first-order chi connectivity index (χ1) is 6.33. The minimum Gasteiger partial charge on any atom is -0.133 e. The Kier molecular flexibility index (Phi) is 526. The van der Waals surface area contributed by atoms with Gasteiger partial charge >= 0.3 is 0 Å². The third-order valence-electron chi connectivity index (χ3n) is 0.204. The summed E-state index contributed by atoms with van der Waals surface area (Å²) in [6.07, 6.45) is 3.01. The van der Waals surface area contributed by atoms with Gasteiger partial charge in [0.15, 0.2) is 0 Å². The molecule has 0 amide bonds. The highest BCUT2D eigenvalue weighted by molar-refractivity contribution is 4.67. The molecule has 0 spiro atoms. The fourth-order valence-electron chi connectivity index (χ4n) is 0. The van der Waals surface area contributed by atoms with Crippen LogP contribution < -0.4 is 0 Å². The van der Waals surface area contributed by atoms with Crippen LogP contribution in [0.1, 0.15) is 54.9 Å². The molecule has 13 heavy (non-hydrogen) atoms. The fourth-order valence-corrected chi connectivity index (χ4v) is 0. The van der Waals surface area contributed by atoms with E-state index in [2.05, 4.69) is 39.3 Å². The van der Waals surface area contributed by atoms with Crippen molar-refractivity contribution < 1.29 is 0 Å². The molecule has 0 heterocycles. The van der Waals surface area contributed by atoms with Gasteiger partial charge in [0.2, 0.25) is 0 Å². The molecule has 0 nitrogen and oxygen atoms in total. The predicted octanol–water partition coefficient (Wildman–Crippen LogP) is 5.62. The quantitative estimate of drug-likeness (QED) is 0.340. The summed E-state index contributed by atoms with van der Waals surface area (Å²) in [5, 5.41) is 0. The van der Waals surface area contributed by atoms with Crippen LogP contribution in [0.15, 0.2) is 31.5 Å². The molecule has 0 rings (SSSR count). The van der Waals surface area contributed by atoms with E-state index in [1.165, 1.54) is 6.42 Å². The molecule has 0 aromatic rings. The minimum absolute atomic E-state index is 1.25. The van der Waals surface area contributed by atoms with E-state index in [-0.39, 0.29) is 0 Å². The molecule has 0 aromatic carbocycles. The van der Waals surface area contributed by atoms with Crippen LogP contribution in [0.5, 0.6) is 0 Å². The van der Waals surface area contributed by atoms with Crippen LogP contribution in [0, 0.1) is 0 Å². The summed E-state index contributed by atoms with van der Waals surface area (Å²) < 4.78 is 0. The van der Waals surface area contributed by atoms with Crippen LogP contribution in [0.25, 0.3) is 0 Å². The van der Waals surface area contributed by atoms with Gasteiger partial charge in [-0.15, -0.1) is 18.9 Å². The Labute approximate surface area is 87.1 Å². The van der Waals surface area contributed by atoms with E-state index in [1.807, 2.05) is 34.6 Å². The minimum atomic E-state index is 1.25. The van der Waals surface area contributed by atoms with E-state index in [1.54, 1.807) is 6.08 Å². The van der Waals surface area contributed by atoms with Crippen molar-refractivity contribution in [1.29, 1.82) is 0 Å². The van der Waals surface area contributed by atoms with Crippen molar-refractivity contribution in [3.8, 4) is 0 Å². The first-order valence-electron chi connectivity index (χ1n) is 5.13. The molecule has 0 N–H and O–H groups in total. The Morgan fingerprint density at radius 3 is 1.08 bits per heavy atom. The Morgan fingerprint density at radius 2 is 1.08 bits per heavy atom. The van der Waals surface area contributed by atoms with Crippen LogP contribution in [0.4, 0.5) is 0 Å². The summed E-state index contributed by atoms with van der Waals surface area (Å²) >= 11 is 0. The lowest BCUT2D eigenvalue weighted by Gasteiger charge is -1.48. The van der Waals surface area contributed by atoms with Crippen molar-refractivity contribution in [1.82, 2.24) is 0 Å². The number of hydrogen-bond acceptors (Lipinski definition) is 0. The van der Waals surface area contributed by atoms with Gasteiger partial charge in [0.25, 0.3) is 0 Å². The molecule has 0 fully saturated rings. The molecule has 0 atom stereocenters. The van der Waals surface area contributed by atoms with Gasteiger partial charge in [-0.25, -0.2) is 0 Å². The molecule has 0 bridgehead atoms. The van der Waals surface area contributed by atoms with Gasteiger partial charge in [0.05, 0.1) is 0 Å². The molecule has 0 saturated heterocycles. The average molecular weight is 186 g/mol. The van der Waals surface area contributed by atoms with Crippen LogP contribution in [0.3, 0.4) is 0 Å². The third-order valence-corrected chi connectivity index (χ3v) is 0.204. The van der Waals surface area contributed by atoms with Crippen LogP contribution in [-0.4, -0.2) is 0 Å². The van der Waals surface area contributed by atoms with Gasteiger partial charge in [-0.2, -0.15) is 0 Å². The SMILES string of the molecule is C=C.C=C=CC.CC.CC.CCC. The van der Waals surface area contributed by atoms with Crippen molar-refractivity contribution in [3.05, 3.63) is 31.5 Å². The largest absolute Gasteiger partial charge is 0.133 e. The summed E-state index contributed by atoms with van der Waals surface area (Å²) in [4.78, 5) is 0. The molecule has 0 unspecified atom stereocenters. The first-order valence-corrected chi connectivity index (χ1v) is 5.13. The summed E-state index contributed by atoms with van der Waals surface area (Å²) in [6, 6.07) is 0. The van der Waals surface area contributed by atoms with Crippen molar-refractivity contribution >= 4 is 0 Å². The van der Waals surface area contributed by atoms with E-state index in [9.17, 15) is 0 Å². The molecule has 0 aromatic heterocycles. The highest BCUT2D eigenvalue weighted by Crippen LogP contribution is 1.56. The van der Waals surface area contributed by atoms with E-state index in [0.29, 0.717) is 0 Å². The molecule has 0 aliphatic heterocycles. The monoisotopic (exact) mass is 186 g/mol. The fraction of sp³-hybridized carbons (Fsp3) is 0.615. The zero-order valence-electron chi connectivity index (χ0n) is 10.9. The Balaban J connectivity index is -0.0000000215. The van der Waals surface area contributed by atoms with Crippen LogP contribution >= 0.6 is 0 Å². The van der Waals surface area contributed by atoms with Gasteiger partial charge < -0.3 is 0 Å².